The lowest BCUT2D eigenvalue weighted by Crippen LogP contribution is -2.33. The van der Waals surface area contributed by atoms with Crippen molar-refractivity contribution in [2.24, 2.45) is 5.73 Å². The van der Waals surface area contributed by atoms with Crippen molar-refractivity contribution in [2.45, 2.75) is 12.5 Å². The molecule has 13 heavy (non-hydrogen) atoms. The van der Waals surface area contributed by atoms with Gasteiger partial charge in [-0.1, -0.05) is 6.07 Å². The third kappa shape index (κ3) is 2.83. The zero-order valence-corrected chi connectivity index (χ0v) is 7.43. The van der Waals surface area contributed by atoms with Crippen LogP contribution in [0, 0.1) is 0 Å². The van der Waals surface area contributed by atoms with Gasteiger partial charge in [0.15, 0.2) is 0 Å². The first-order valence-electron chi connectivity index (χ1n) is 3.97. The summed E-state index contributed by atoms with van der Waals surface area (Å²) in [4.78, 5) is 15.0. The molecule has 0 aliphatic rings. The van der Waals surface area contributed by atoms with Crippen molar-refractivity contribution in [1.82, 2.24) is 4.98 Å². The van der Waals surface area contributed by atoms with E-state index in [1.807, 2.05) is 18.2 Å². The van der Waals surface area contributed by atoms with Gasteiger partial charge in [0.1, 0.15) is 6.04 Å². The van der Waals surface area contributed by atoms with E-state index >= 15 is 0 Å². The molecular weight excluding hydrogens is 168 g/mol. The highest BCUT2D eigenvalue weighted by molar-refractivity contribution is 5.75. The molecule has 4 nitrogen and oxygen atoms in total. The van der Waals surface area contributed by atoms with Crippen molar-refractivity contribution in [1.29, 1.82) is 0 Å². The van der Waals surface area contributed by atoms with Crippen LogP contribution < -0.4 is 5.73 Å². The van der Waals surface area contributed by atoms with Gasteiger partial charge in [0.25, 0.3) is 0 Å². The van der Waals surface area contributed by atoms with Crippen LogP contribution >= 0.6 is 0 Å². The average molecular weight is 180 g/mol. The first kappa shape index (κ1) is 9.67. The highest BCUT2D eigenvalue weighted by Gasteiger charge is 2.14. The lowest BCUT2D eigenvalue weighted by molar-refractivity contribution is -0.142. The molecule has 1 heterocycles. The number of rotatable bonds is 3. The van der Waals surface area contributed by atoms with Crippen LogP contribution in [0.5, 0.6) is 0 Å². The van der Waals surface area contributed by atoms with Crippen molar-refractivity contribution >= 4 is 5.97 Å². The molecule has 0 fully saturated rings. The second kappa shape index (κ2) is 4.57. The van der Waals surface area contributed by atoms with Crippen LogP contribution in [0.1, 0.15) is 5.69 Å². The molecule has 1 atom stereocenters. The van der Waals surface area contributed by atoms with Crippen LogP contribution in [0.25, 0.3) is 0 Å². The normalized spacial score (nSPS) is 12.2. The Kier molecular flexibility index (Phi) is 3.40. The van der Waals surface area contributed by atoms with Gasteiger partial charge >= 0.3 is 5.97 Å². The number of carbonyl (C=O) groups excluding carboxylic acids is 1. The Morgan fingerprint density at radius 1 is 1.69 bits per heavy atom. The summed E-state index contributed by atoms with van der Waals surface area (Å²) in [6.07, 6.45) is 2.08. The number of pyridine rings is 1. The van der Waals surface area contributed by atoms with Gasteiger partial charge in [0, 0.05) is 18.3 Å². The van der Waals surface area contributed by atoms with E-state index in [9.17, 15) is 4.79 Å². The molecule has 0 saturated carbocycles. The van der Waals surface area contributed by atoms with E-state index in [1.54, 1.807) is 6.20 Å². The second-order valence-corrected chi connectivity index (χ2v) is 2.65. The predicted molar refractivity (Wildman–Crippen MR) is 47.9 cm³/mol. The fourth-order valence-electron chi connectivity index (χ4n) is 0.979. The zero-order valence-electron chi connectivity index (χ0n) is 7.43. The molecule has 1 aromatic heterocycles. The molecule has 70 valence electrons. The largest absolute Gasteiger partial charge is 0.468 e. The van der Waals surface area contributed by atoms with Crippen LogP contribution in [-0.4, -0.2) is 24.1 Å². The van der Waals surface area contributed by atoms with E-state index in [1.165, 1.54) is 7.11 Å². The Bertz CT molecular complexity index is 274. The number of methoxy groups -OCH3 is 1. The van der Waals surface area contributed by atoms with Crippen LogP contribution in [0.3, 0.4) is 0 Å². The maximum absolute atomic E-state index is 10.9. The van der Waals surface area contributed by atoms with E-state index in [0.717, 1.165) is 5.69 Å². The minimum atomic E-state index is -0.625. The fourth-order valence-corrected chi connectivity index (χ4v) is 0.979. The topological polar surface area (TPSA) is 65.2 Å². The molecule has 0 unspecified atom stereocenters. The summed E-state index contributed by atoms with van der Waals surface area (Å²) >= 11 is 0. The summed E-state index contributed by atoms with van der Waals surface area (Å²) in [5, 5.41) is 0. The number of esters is 1. The molecule has 0 saturated heterocycles. The Hall–Kier alpha value is -1.42. The van der Waals surface area contributed by atoms with Gasteiger partial charge in [0.05, 0.1) is 7.11 Å². The zero-order chi connectivity index (χ0) is 9.68. The summed E-state index contributed by atoms with van der Waals surface area (Å²) in [7, 11) is 1.32. The summed E-state index contributed by atoms with van der Waals surface area (Å²) in [5.41, 5.74) is 6.34. The third-order valence-electron chi connectivity index (χ3n) is 1.66. The van der Waals surface area contributed by atoms with E-state index in [-0.39, 0.29) is 0 Å². The van der Waals surface area contributed by atoms with E-state index in [2.05, 4.69) is 9.72 Å². The molecule has 1 rings (SSSR count). The maximum Gasteiger partial charge on any atom is 0.323 e. The fraction of sp³-hybridized carbons (Fsp3) is 0.333. The molecular formula is C9H12N2O2. The number of hydrogen-bond donors (Lipinski definition) is 1. The van der Waals surface area contributed by atoms with Crippen molar-refractivity contribution in [3.63, 3.8) is 0 Å². The van der Waals surface area contributed by atoms with Gasteiger partial charge in [-0.3, -0.25) is 9.78 Å². The summed E-state index contributed by atoms with van der Waals surface area (Å²) < 4.78 is 4.49. The highest BCUT2D eigenvalue weighted by atomic mass is 16.5. The predicted octanol–water partition coefficient (Wildman–Crippen LogP) is 0.124. The number of ether oxygens (including phenoxy) is 1. The van der Waals surface area contributed by atoms with Crippen LogP contribution in [0.4, 0.5) is 0 Å². The average Bonchev–Trinajstić information content (AvgIpc) is 2.18. The molecule has 0 aliphatic heterocycles. The van der Waals surface area contributed by atoms with Crippen LogP contribution in [0.2, 0.25) is 0 Å². The summed E-state index contributed by atoms with van der Waals surface area (Å²) in [5.74, 6) is -0.411. The van der Waals surface area contributed by atoms with Gasteiger partial charge < -0.3 is 10.5 Å². The molecule has 0 aromatic carbocycles. The van der Waals surface area contributed by atoms with Gasteiger partial charge in [-0.2, -0.15) is 0 Å². The lowest BCUT2D eigenvalue weighted by atomic mass is 10.1. The van der Waals surface area contributed by atoms with E-state index < -0.39 is 12.0 Å². The minimum absolute atomic E-state index is 0.410. The molecule has 2 N–H and O–H groups in total. The van der Waals surface area contributed by atoms with Gasteiger partial charge in [-0.25, -0.2) is 0 Å². The number of nitrogens with two attached hydrogens (primary N) is 1. The van der Waals surface area contributed by atoms with Gasteiger partial charge in [-0.15, -0.1) is 0 Å². The van der Waals surface area contributed by atoms with Gasteiger partial charge in [0.2, 0.25) is 0 Å². The Labute approximate surface area is 76.7 Å². The summed E-state index contributed by atoms with van der Waals surface area (Å²) in [6, 6.07) is 4.86. The van der Waals surface area contributed by atoms with Crippen LogP contribution in [0.15, 0.2) is 24.4 Å². The second-order valence-electron chi connectivity index (χ2n) is 2.65. The smallest absolute Gasteiger partial charge is 0.323 e. The van der Waals surface area contributed by atoms with Crippen molar-refractivity contribution in [2.75, 3.05) is 7.11 Å². The van der Waals surface area contributed by atoms with Crippen molar-refractivity contribution in [3.8, 4) is 0 Å². The monoisotopic (exact) mass is 180 g/mol. The van der Waals surface area contributed by atoms with Gasteiger partial charge in [-0.05, 0) is 12.1 Å². The Morgan fingerprint density at radius 3 is 3.00 bits per heavy atom. The molecule has 4 heteroatoms. The maximum atomic E-state index is 10.9. The number of aromatic nitrogens is 1. The summed E-state index contributed by atoms with van der Waals surface area (Å²) in [6.45, 7) is 0. The third-order valence-corrected chi connectivity index (χ3v) is 1.66. The molecule has 0 spiro atoms. The Balaban J connectivity index is 2.55. The number of nitrogens with zero attached hydrogens (tertiary/aromatic N) is 1. The first-order chi connectivity index (χ1) is 6.24. The first-order valence-corrected chi connectivity index (χ1v) is 3.97. The lowest BCUT2D eigenvalue weighted by Gasteiger charge is -2.07. The highest BCUT2D eigenvalue weighted by Crippen LogP contribution is 1.98. The molecule has 0 radical (unpaired) electrons. The van der Waals surface area contributed by atoms with Crippen molar-refractivity contribution in [3.05, 3.63) is 30.1 Å². The van der Waals surface area contributed by atoms with Crippen molar-refractivity contribution < 1.29 is 9.53 Å². The Morgan fingerprint density at radius 2 is 2.46 bits per heavy atom. The van der Waals surface area contributed by atoms with E-state index in [0.29, 0.717) is 6.42 Å². The molecule has 1 aromatic rings. The van der Waals surface area contributed by atoms with Crippen LogP contribution in [-0.2, 0) is 16.0 Å². The number of hydrogen-bond acceptors (Lipinski definition) is 4. The number of carbonyl (C=O) groups is 1. The van der Waals surface area contributed by atoms with E-state index in [4.69, 9.17) is 5.73 Å². The SMILES string of the molecule is COC(=O)[C@@H](N)Cc1ccccn1. The minimum Gasteiger partial charge on any atom is -0.468 e. The quantitative estimate of drug-likeness (QED) is 0.671. The molecule has 0 amide bonds. The molecule has 0 bridgehead atoms. The standard InChI is InChI=1S/C9H12N2O2/c1-13-9(12)8(10)6-7-4-2-3-5-11-7/h2-5,8H,6,10H2,1H3/t8-/m0/s1. The molecule has 0 aliphatic carbocycles.